The van der Waals surface area contributed by atoms with Crippen molar-refractivity contribution in [3.63, 3.8) is 0 Å². The predicted molar refractivity (Wildman–Crippen MR) is 153 cm³/mol. The van der Waals surface area contributed by atoms with Crippen molar-refractivity contribution in [2.45, 2.75) is 37.8 Å². The van der Waals surface area contributed by atoms with Crippen molar-refractivity contribution in [2.75, 3.05) is 17.4 Å². The lowest BCUT2D eigenvalue weighted by Gasteiger charge is -2.32. The highest BCUT2D eigenvalue weighted by atomic mass is 79.9. The maximum Gasteiger partial charge on any atom is 0.264 e. The van der Waals surface area contributed by atoms with Gasteiger partial charge < -0.3 is 10.2 Å². The Kier molecular flexibility index (Phi) is 10.3. The Hall–Kier alpha value is -2.69. The highest BCUT2D eigenvalue weighted by molar-refractivity contribution is 9.10. The molecule has 0 fully saturated rings. The van der Waals surface area contributed by atoms with Gasteiger partial charge in [-0.15, -0.1) is 0 Å². The molecule has 10 heteroatoms. The van der Waals surface area contributed by atoms with Crippen molar-refractivity contribution in [2.24, 2.45) is 0 Å². The molecule has 0 aliphatic rings. The maximum absolute atomic E-state index is 13.8. The first kappa shape index (κ1) is 28.9. The van der Waals surface area contributed by atoms with Gasteiger partial charge in [-0.2, -0.15) is 0 Å². The molecule has 196 valence electrons. The topological polar surface area (TPSA) is 86.8 Å². The standard InChI is InChI=1S/C27H29Br2N3O4S/c1-3-17-30-27(34)20(2)31(18-21-9-11-22(28)12-10-21)26(33)19-32(24-15-13-23(29)14-16-24)37(35,36)25-7-5-4-6-8-25/h4-16,20H,3,17-19H2,1-2H3,(H,30,34). The van der Waals surface area contributed by atoms with Crippen LogP contribution in [0.2, 0.25) is 0 Å². The van der Waals surface area contributed by atoms with Gasteiger partial charge in [-0.05, 0) is 67.4 Å². The number of halogens is 2. The molecule has 7 nitrogen and oxygen atoms in total. The van der Waals surface area contributed by atoms with Crippen LogP contribution in [0.1, 0.15) is 25.8 Å². The van der Waals surface area contributed by atoms with E-state index in [0.717, 1.165) is 25.2 Å². The normalized spacial score (nSPS) is 12.0. The lowest BCUT2D eigenvalue weighted by molar-refractivity contribution is -0.139. The molecule has 1 unspecified atom stereocenters. The molecule has 0 heterocycles. The summed E-state index contributed by atoms with van der Waals surface area (Å²) in [5.74, 6) is -0.794. The second kappa shape index (κ2) is 13.2. The predicted octanol–water partition coefficient (Wildman–Crippen LogP) is 5.35. The van der Waals surface area contributed by atoms with E-state index >= 15 is 0 Å². The van der Waals surface area contributed by atoms with Crippen molar-refractivity contribution in [3.8, 4) is 0 Å². The van der Waals surface area contributed by atoms with Crippen LogP contribution in [0, 0.1) is 0 Å². The van der Waals surface area contributed by atoms with Gasteiger partial charge in [0.25, 0.3) is 10.0 Å². The monoisotopic (exact) mass is 649 g/mol. The minimum atomic E-state index is -4.07. The van der Waals surface area contributed by atoms with Gasteiger partial charge in [-0.1, -0.05) is 69.1 Å². The molecule has 0 aliphatic carbocycles. The highest BCUT2D eigenvalue weighted by Gasteiger charge is 2.32. The summed E-state index contributed by atoms with van der Waals surface area (Å²) in [6, 6.07) is 21.3. The quantitative estimate of drug-likeness (QED) is 0.303. The molecule has 1 atom stereocenters. The molecule has 0 aliphatic heterocycles. The van der Waals surface area contributed by atoms with Gasteiger partial charge >= 0.3 is 0 Å². The molecule has 0 bridgehead atoms. The SMILES string of the molecule is CCCNC(=O)C(C)N(Cc1ccc(Br)cc1)C(=O)CN(c1ccc(Br)cc1)S(=O)(=O)c1ccccc1. The van der Waals surface area contributed by atoms with Crippen molar-refractivity contribution in [1.29, 1.82) is 0 Å². The summed E-state index contributed by atoms with van der Waals surface area (Å²) in [4.78, 5) is 28.1. The highest BCUT2D eigenvalue weighted by Crippen LogP contribution is 2.26. The largest absolute Gasteiger partial charge is 0.354 e. The molecular formula is C27H29Br2N3O4S. The number of sulfonamides is 1. The maximum atomic E-state index is 13.8. The Morgan fingerprint density at radius 2 is 1.46 bits per heavy atom. The zero-order valence-corrected chi connectivity index (χ0v) is 24.6. The smallest absolute Gasteiger partial charge is 0.264 e. The lowest BCUT2D eigenvalue weighted by atomic mass is 10.1. The Balaban J connectivity index is 1.99. The number of rotatable bonds is 11. The van der Waals surface area contributed by atoms with Crippen molar-refractivity contribution < 1.29 is 18.0 Å². The first-order chi connectivity index (χ1) is 17.6. The van der Waals surface area contributed by atoms with Crippen LogP contribution in [0.3, 0.4) is 0 Å². The molecule has 0 radical (unpaired) electrons. The van der Waals surface area contributed by atoms with E-state index in [1.807, 2.05) is 31.2 Å². The third-order valence-corrected chi connectivity index (χ3v) is 8.55. The van der Waals surface area contributed by atoms with Gasteiger partial charge in [0.05, 0.1) is 10.6 Å². The summed E-state index contributed by atoms with van der Waals surface area (Å²) in [5.41, 5.74) is 1.15. The van der Waals surface area contributed by atoms with Gasteiger partial charge in [-0.3, -0.25) is 13.9 Å². The third-order valence-electron chi connectivity index (χ3n) is 5.71. The number of carbonyl (C=O) groups is 2. The number of hydrogen-bond donors (Lipinski definition) is 1. The fraction of sp³-hybridized carbons (Fsp3) is 0.259. The van der Waals surface area contributed by atoms with Crippen LogP contribution >= 0.6 is 31.9 Å². The fourth-order valence-corrected chi connectivity index (χ4v) is 5.58. The zero-order chi connectivity index (χ0) is 27.0. The fourth-order valence-electron chi connectivity index (χ4n) is 3.62. The number of carbonyl (C=O) groups excluding carboxylic acids is 2. The average Bonchev–Trinajstić information content (AvgIpc) is 2.90. The number of nitrogens with one attached hydrogen (secondary N) is 1. The summed E-state index contributed by atoms with van der Waals surface area (Å²) in [5, 5.41) is 2.83. The van der Waals surface area contributed by atoms with Crippen molar-refractivity contribution in [1.82, 2.24) is 10.2 Å². The molecular weight excluding hydrogens is 622 g/mol. The van der Waals surface area contributed by atoms with Crippen molar-refractivity contribution >= 4 is 59.4 Å². The van der Waals surface area contributed by atoms with E-state index in [9.17, 15) is 18.0 Å². The van der Waals surface area contributed by atoms with Crippen LogP contribution in [-0.4, -0.2) is 44.3 Å². The van der Waals surface area contributed by atoms with Crippen LogP contribution in [0.25, 0.3) is 0 Å². The van der Waals surface area contributed by atoms with Gasteiger partial charge in [0.2, 0.25) is 11.8 Å². The molecule has 3 rings (SSSR count). The Labute approximate surface area is 235 Å². The van der Waals surface area contributed by atoms with Crippen molar-refractivity contribution in [3.05, 3.63) is 93.4 Å². The first-order valence-electron chi connectivity index (χ1n) is 11.8. The van der Waals surface area contributed by atoms with E-state index in [1.54, 1.807) is 49.4 Å². The number of hydrogen-bond acceptors (Lipinski definition) is 4. The summed E-state index contributed by atoms with van der Waals surface area (Å²) in [6.45, 7) is 3.75. The van der Waals surface area contributed by atoms with E-state index in [2.05, 4.69) is 37.2 Å². The van der Waals surface area contributed by atoms with E-state index in [1.165, 1.54) is 17.0 Å². The average molecular weight is 651 g/mol. The number of amides is 2. The molecule has 0 saturated carbocycles. The molecule has 0 spiro atoms. The van der Waals surface area contributed by atoms with Gasteiger partial charge in [-0.25, -0.2) is 8.42 Å². The molecule has 3 aromatic rings. The summed E-state index contributed by atoms with van der Waals surface area (Å²) >= 11 is 6.78. The summed E-state index contributed by atoms with van der Waals surface area (Å²) in [7, 11) is -4.07. The Bertz CT molecular complexity index is 1300. The molecule has 1 N–H and O–H groups in total. The number of anilines is 1. The first-order valence-corrected chi connectivity index (χ1v) is 14.8. The lowest BCUT2D eigenvalue weighted by Crippen LogP contribution is -2.51. The van der Waals surface area contributed by atoms with E-state index in [4.69, 9.17) is 0 Å². The van der Waals surface area contributed by atoms with Crippen LogP contribution < -0.4 is 9.62 Å². The molecule has 3 aromatic carbocycles. The van der Waals surface area contributed by atoms with Crippen LogP contribution in [0.5, 0.6) is 0 Å². The minimum absolute atomic E-state index is 0.0684. The summed E-state index contributed by atoms with van der Waals surface area (Å²) in [6.07, 6.45) is 0.756. The minimum Gasteiger partial charge on any atom is -0.354 e. The van der Waals surface area contributed by atoms with E-state index in [0.29, 0.717) is 12.2 Å². The molecule has 2 amide bonds. The second-order valence-corrected chi connectivity index (χ2v) is 12.1. The molecule has 37 heavy (non-hydrogen) atoms. The Morgan fingerprint density at radius 1 is 0.892 bits per heavy atom. The van der Waals surface area contributed by atoms with Crippen LogP contribution in [0.15, 0.2) is 92.7 Å². The second-order valence-electron chi connectivity index (χ2n) is 8.42. The third kappa shape index (κ3) is 7.66. The molecule has 0 aromatic heterocycles. The van der Waals surface area contributed by atoms with Gasteiger partial charge in [0, 0.05) is 22.0 Å². The number of nitrogens with zero attached hydrogens (tertiary/aromatic N) is 2. The number of benzene rings is 3. The van der Waals surface area contributed by atoms with E-state index in [-0.39, 0.29) is 17.3 Å². The molecule has 0 saturated heterocycles. The van der Waals surface area contributed by atoms with Crippen LogP contribution in [0.4, 0.5) is 5.69 Å². The van der Waals surface area contributed by atoms with E-state index < -0.39 is 28.5 Å². The Morgan fingerprint density at radius 3 is 2.03 bits per heavy atom. The van der Waals surface area contributed by atoms with Gasteiger partial charge in [0.1, 0.15) is 12.6 Å². The van der Waals surface area contributed by atoms with Crippen LogP contribution in [-0.2, 0) is 26.2 Å². The van der Waals surface area contributed by atoms with Gasteiger partial charge in [0.15, 0.2) is 0 Å². The zero-order valence-electron chi connectivity index (χ0n) is 20.6. The summed E-state index contributed by atoms with van der Waals surface area (Å²) < 4.78 is 30.1.